The molecule has 0 fully saturated rings. The molecule has 0 amide bonds. The maximum Gasteiger partial charge on any atom is 0 e. The zero-order valence-corrected chi connectivity index (χ0v) is 11.8. The van der Waals surface area contributed by atoms with Gasteiger partial charge in [0.25, 0.3) is 0 Å². The van der Waals surface area contributed by atoms with Crippen molar-refractivity contribution in [3.8, 4) is 0 Å². The van der Waals surface area contributed by atoms with E-state index < -0.39 is 0 Å². The monoisotopic (exact) mass is 272 g/mol. The fourth-order valence-electron chi connectivity index (χ4n) is 1.74. The smallest absolute Gasteiger partial charge is 0 e. The largest absolute Gasteiger partial charge is 0.748 e. The summed E-state index contributed by atoms with van der Waals surface area (Å²) in [6, 6.07) is 17.0. The normalized spacial score (nSPS) is 9.06. The quantitative estimate of drug-likeness (QED) is 0.558. The molecule has 2 aromatic rings. The van der Waals surface area contributed by atoms with E-state index in [-0.39, 0.29) is 16.5 Å². The molecular formula is C16H22Ni-6. The summed E-state index contributed by atoms with van der Waals surface area (Å²) in [5.74, 6) is 0. The Balaban J connectivity index is 0.000000284. The van der Waals surface area contributed by atoms with Gasteiger partial charge >= 0.3 is 0 Å². The summed E-state index contributed by atoms with van der Waals surface area (Å²) < 4.78 is 0. The van der Waals surface area contributed by atoms with Gasteiger partial charge in [-0.2, -0.15) is 17.7 Å². The van der Waals surface area contributed by atoms with Crippen LogP contribution in [0.4, 0.5) is 0 Å². The summed E-state index contributed by atoms with van der Waals surface area (Å²) in [5, 5.41) is 0. The molecule has 0 unspecified atom stereocenters. The molecule has 0 bridgehead atoms. The van der Waals surface area contributed by atoms with Crippen LogP contribution in [0.3, 0.4) is 0 Å². The van der Waals surface area contributed by atoms with Gasteiger partial charge < -0.3 is 29.8 Å². The first kappa shape index (κ1) is 16.2. The SMILES string of the molecule is CCC[c-]1[cH-][cH-][cH-][cH-]1.CCC[c-]1cccc1.[Ni]. The van der Waals surface area contributed by atoms with Gasteiger partial charge in [-0.3, -0.25) is 0 Å². The van der Waals surface area contributed by atoms with E-state index in [4.69, 9.17) is 0 Å². The van der Waals surface area contributed by atoms with Crippen LogP contribution in [0.2, 0.25) is 0 Å². The van der Waals surface area contributed by atoms with Crippen molar-refractivity contribution in [3.05, 3.63) is 59.7 Å². The van der Waals surface area contributed by atoms with Crippen LogP contribution in [0.1, 0.15) is 37.8 Å². The van der Waals surface area contributed by atoms with Crippen molar-refractivity contribution in [2.45, 2.75) is 39.5 Å². The standard InChI is InChI=1S/2C8H11.Ni/c2*1-2-5-8-6-3-4-7-8;/h2*3-4,6-7H,2,5H2,1H3;/q-5;-1;. The van der Waals surface area contributed by atoms with E-state index >= 15 is 0 Å². The third kappa shape index (κ3) is 7.18. The van der Waals surface area contributed by atoms with Crippen molar-refractivity contribution in [3.63, 3.8) is 0 Å². The predicted octanol–water partition coefficient (Wildman–Crippen LogP) is 4.71. The Morgan fingerprint density at radius 1 is 0.882 bits per heavy atom. The van der Waals surface area contributed by atoms with E-state index in [1.165, 1.54) is 36.8 Å². The van der Waals surface area contributed by atoms with Gasteiger partial charge in [0.15, 0.2) is 0 Å². The average Bonchev–Trinajstić information content (AvgIpc) is 2.92. The molecule has 2 aromatic carbocycles. The van der Waals surface area contributed by atoms with Crippen LogP contribution in [-0.4, -0.2) is 0 Å². The minimum atomic E-state index is 0. The molecule has 0 nitrogen and oxygen atoms in total. The molecule has 0 aliphatic carbocycles. The van der Waals surface area contributed by atoms with Gasteiger partial charge in [-0.1, -0.05) is 33.1 Å². The molecular weight excluding hydrogens is 251 g/mol. The maximum atomic E-state index is 2.20. The molecule has 0 aliphatic heterocycles. The van der Waals surface area contributed by atoms with Crippen LogP contribution in [-0.2, 0) is 29.3 Å². The van der Waals surface area contributed by atoms with Gasteiger partial charge in [0.1, 0.15) is 0 Å². The Kier molecular flexibility index (Phi) is 9.86. The van der Waals surface area contributed by atoms with E-state index in [1.807, 2.05) is 0 Å². The Labute approximate surface area is 116 Å². The Bertz CT molecular complexity index is 293. The third-order valence-corrected chi connectivity index (χ3v) is 2.54. The fourth-order valence-corrected chi connectivity index (χ4v) is 1.74. The second kappa shape index (κ2) is 10.4. The second-order valence-electron chi connectivity index (χ2n) is 4.09. The Morgan fingerprint density at radius 2 is 1.41 bits per heavy atom. The predicted molar refractivity (Wildman–Crippen MR) is 72.1 cm³/mol. The van der Waals surface area contributed by atoms with Gasteiger partial charge in [0.2, 0.25) is 0 Å². The summed E-state index contributed by atoms with van der Waals surface area (Å²) in [6.07, 6.45) is 4.97. The second-order valence-corrected chi connectivity index (χ2v) is 4.09. The molecule has 0 aliphatic rings. The van der Waals surface area contributed by atoms with E-state index in [1.54, 1.807) is 0 Å². The van der Waals surface area contributed by atoms with E-state index in [0.29, 0.717) is 0 Å². The van der Waals surface area contributed by atoms with Crippen molar-refractivity contribution in [2.75, 3.05) is 0 Å². The number of hydrogen-bond donors (Lipinski definition) is 0. The summed E-state index contributed by atoms with van der Waals surface area (Å²) in [4.78, 5) is 0. The maximum absolute atomic E-state index is 2.20. The van der Waals surface area contributed by atoms with Crippen molar-refractivity contribution in [2.24, 2.45) is 0 Å². The van der Waals surface area contributed by atoms with E-state index in [2.05, 4.69) is 62.4 Å². The molecule has 0 radical (unpaired) electrons. The summed E-state index contributed by atoms with van der Waals surface area (Å²) in [7, 11) is 0. The van der Waals surface area contributed by atoms with Gasteiger partial charge in [0.05, 0.1) is 0 Å². The molecule has 0 spiro atoms. The minimum absolute atomic E-state index is 0. The van der Waals surface area contributed by atoms with Crippen molar-refractivity contribution < 1.29 is 16.5 Å². The van der Waals surface area contributed by atoms with Gasteiger partial charge in [-0.25, -0.2) is 18.6 Å². The van der Waals surface area contributed by atoms with Crippen LogP contribution < -0.4 is 0 Å². The zero-order chi connectivity index (χ0) is 11.6. The van der Waals surface area contributed by atoms with E-state index in [0.717, 1.165) is 0 Å². The molecule has 0 saturated carbocycles. The molecule has 102 valence electrons. The van der Waals surface area contributed by atoms with Crippen LogP contribution >= 0.6 is 0 Å². The molecule has 2 rings (SSSR count). The van der Waals surface area contributed by atoms with Crippen molar-refractivity contribution >= 4 is 0 Å². The Morgan fingerprint density at radius 3 is 1.88 bits per heavy atom. The van der Waals surface area contributed by atoms with Gasteiger partial charge in [0, 0.05) is 16.5 Å². The molecule has 17 heavy (non-hydrogen) atoms. The summed E-state index contributed by atoms with van der Waals surface area (Å²) in [6.45, 7) is 4.40. The average molecular weight is 273 g/mol. The first-order valence-electron chi connectivity index (χ1n) is 6.28. The fraction of sp³-hybridized carbons (Fsp3) is 0.375. The van der Waals surface area contributed by atoms with E-state index in [9.17, 15) is 0 Å². The van der Waals surface area contributed by atoms with Crippen LogP contribution in [0.25, 0.3) is 0 Å². The summed E-state index contributed by atoms with van der Waals surface area (Å²) >= 11 is 0. The third-order valence-electron chi connectivity index (χ3n) is 2.54. The van der Waals surface area contributed by atoms with Crippen LogP contribution in [0.15, 0.2) is 48.5 Å². The van der Waals surface area contributed by atoms with Crippen molar-refractivity contribution in [1.82, 2.24) is 0 Å². The first-order chi connectivity index (χ1) is 7.86. The topological polar surface area (TPSA) is 0 Å². The number of hydrogen-bond acceptors (Lipinski definition) is 0. The molecule has 1 heteroatoms. The first-order valence-corrected chi connectivity index (χ1v) is 6.28. The molecule has 0 aromatic heterocycles. The zero-order valence-electron chi connectivity index (χ0n) is 10.8. The molecule has 0 saturated heterocycles. The van der Waals surface area contributed by atoms with Gasteiger partial charge in [-0.15, -0.1) is 0 Å². The molecule has 0 N–H and O–H groups in total. The molecule has 0 atom stereocenters. The van der Waals surface area contributed by atoms with Crippen molar-refractivity contribution in [1.29, 1.82) is 0 Å². The number of aryl methyl sites for hydroxylation is 2. The van der Waals surface area contributed by atoms with Crippen LogP contribution in [0.5, 0.6) is 0 Å². The summed E-state index contributed by atoms with van der Waals surface area (Å²) in [5.41, 5.74) is 2.93. The molecule has 0 heterocycles. The van der Waals surface area contributed by atoms with Crippen LogP contribution in [0, 0.1) is 0 Å². The minimum Gasteiger partial charge on any atom is -0.748 e. The Hall–Kier alpha value is -0.806. The number of rotatable bonds is 4. The van der Waals surface area contributed by atoms with Gasteiger partial charge in [-0.05, 0) is 0 Å².